The average molecular weight is 366 g/mol. The molecule has 1 aliphatic heterocycles. The van der Waals surface area contributed by atoms with Gasteiger partial charge in [0.05, 0.1) is 29.6 Å². The normalized spacial score (nSPS) is 20.7. The van der Waals surface area contributed by atoms with Gasteiger partial charge in [0.1, 0.15) is 0 Å². The van der Waals surface area contributed by atoms with E-state index in [2.05, 4.69) is 25.3 Å². The van der Waals surface area contributed by atoms with Crippen LogP contribution >= 0.6 is 0 Å². The van der Waals surface area contributed by atoms with Gasteiger partial charge in [-0.15, -0.1) is 0 Å². The van der Waals surface area contributed by atoms with Crippen molar-refractivity contribution < 1.29 is 9.90 Å². The quantitative estimate of drug-likeness (QED) is 0.709. The second-order valence-electron chi connectivity index (χ2n) is 6.89. The molecular formula is C19H22N6O2. The largest absolute Gasteiger partial charge is 0.390 e. The molecule has 8 heteroatoms. The number of carbonyl (C=O) groups is 1. The highest BCUT2D eigenvalue weighted by Gasteiger charge is 2.29. The number of aromatic nitrogens is 4. The molecule has 0 aromatic carbocycles. The van der Waals surface area contributed by atoms with E-state index >= 15 is 0 Å². The lowest BCUT2D eigenvalue weighted by Gasteiger charge is -2.36. The van der Waals surface area contributed by atoms with Gasteiger partial charge in [0.25, 0.3) is 5.91 Å². The van der Waals surface area contributed by atoms with Crippen LogP contribution in [0.4, 0.5) is 0 Å². The van der Waals surface area contributed by atoms with E-state index in [1.807, 2.05) is 25.3 Å². The zero-order chi connectivity index (χ0) is 18.8. The molecule has 2 N–H and O–H groups in total. The Morgan fingerprint density at radius 2 is 2.22 bits per heavy atom. The van der Waals surface area contributed by atoms with Crippen LogP contribution in [0.5, 0.6) is 0 Å². The molecule has 1 fully saturated rings. The van der Waals surface area contributed by atoms with Crippen LogP contribution in [-0.2, 0) is 6.54 Å². The van der Waals surface area contributed by atoms with Crippen molar-refractivity contribution in [3.63, 3.8) is 0 Å². The number of nitrogens with one attached hydrogen (secondary N) is 1. The molecule has 0 unspecified atom stereocenters. The van der Waals surface area contributed by atoms with Gasteiger partial charge in [0.15, 0.2) is 5.65 Å². The molecule has 1 aliphatic rings. The summed E-state index contributed by atoms with van der Waals surface area (Å²) in [5.41, 5.74) is 3.01. The Morgan fingerprint density at radius 1 is 1.33 bits per heavy atom. The van der Waals surface area contributed by atoms with E-state index in [9.17, 15) is 9.90 Å². The molecule has 1 saturated heterocycles. The van der Waals surface area contributed by atoms with Crippen LogP contribution in [0.2, 0.25) is 0 Å². The molecule has 2 atom stereocenters. The van der Waals surface area contributed by atoms with Crippen molar-refractivity contribution in [2.24, 2.45) is 0 Å². The summed E-state index contributed by atoms with van der Waals surface area (Å²) in [5.74, 6) is -0.234. The number of aliphatic hydroxyl groups is 1. The molecule has 0 spiro atoms. The number of nitrogens with zero attached hydrogens (tertiary/aromatic N) is 5. The number of carbonyl (C=O) groups excluding carboxylic acids is 1. The first-order chi connectivity index (χ1) is 13.1. The Hall–Kier alpha value is -2.84. The number of piperidine rings is 1. The molecule has 27 heavy (non-hydrogen) atoms. The van der Waals surface area contributed by atoms with Crippen molar-refractivity contribution in [2.45, 2.75) is 32.0 Å². The number of fused-ring (bicyclic) bond motifs is 1. The molecule has 8 nitrogen and oxygen atoms in total. The predicted octanol–water partition coefficient (Wildman–Crippen LogP) is 0.798. The summed E-state index contributed by atoms with van der Waals surface area (Å²) in [4.78, 5) is 23.2. The van der Waals surface area contributed by atoms with Gasteiger partial charge < -0.3 is 10.4 Å². The van der Waals surface area contributed by atoms with Crippen molar-refractivity contribution in [1.82, 2.24) is 29.8 Å². The van der Waals surface area contributed by atoms with Gasteiger partial charge in [-0.2, -0.15) is 5.10 Å². The number of aliphatic hydroxyl groups excluding tert-OH is 1. The van der Waals surface area contributed by atoms with E-state index in [-0.39, 0.29) is 11.9 Å². The third kappa shape index (κ3) is 3.67. The van der Waals surface area contributed by atoms with Crippen LogP contribution in [0.1, 0.15) is 28.0 Å². The van der Waals surface area contributed by atoms with Crippen LogP contribution in [0.15, 0.2) is 43.0 Å². The van der Waals surface area contributed by atoms with Crippen molar-refractivity contribution in [3.8, 4) is 0 Å². The smallest absolute Gasteiger partial charge is 0.255 e. The summed E-state index contributed by atoms with van der Waals surface area (Å²) in [6.07, 6.45) is 6.86. The maximum Gasteiger partial charge on any atom is 0.255 e. The summed E-state index contributed by atoms with van der Waals surface area (Å²) < 4.78 is 1.64. The molecular weight excluding hydrogens is 344 g/mol. The van der Waals surface area contributed by atoms with Crippen molar-refractivity contribution in [2.75, 3.05) is 13.1 Å². The van der Waals surface area contributed by atoms with E-state index in [4.69, 9.17) is 0 Å². The van der Waals surface area contributed by atoms with Gasteiger partial charge in [-0.05, 0) is 25.0 Å². The number of amides is 1. The number of rotatable bonds is 4. The zero-order valence-electron chi connectivity index (χ0n) is 15.1. The molecule has 3 aromatic heterocycles. The minimum Gasteiger partial charge on any atom is -0.390 e. The molecule has 0 aliphatic carbocycles. The van der Waals surface area contributed by atoms with Gasteiger partial charge >= 0.3 is 0 Å². The number of β-amino-alcohol motifs (C(OH)–C–C–N with tert-alkyl or cyclic N) is 1. The molecule has 140 valence electrons. The van der Waals surface area contributed by atoms with Gasteiger partial charge in [0.2, 0.25) is 0 Å². The molecule has 4 rings (SSSR count). The second kappa shape index (κ2) is 7.42. The monoisotopic (exact) mass is 366 g/mol. The molecule has 3 aromatic rings. The summed E-state index contributed by atoms with van der Waals surface area (Å²) in [6, 6.07) is 5.44. The minimum absolute atomic E-state index is 0.234. The van der Waals surface area contributed by atoms with E-state index < -0.39 is 6.10 Å². The number of likely N-dealkylation sites (tertiary alicyclic amines) is 1. The van der Waals surface area contributed by atoms with Crippen molar-refractivity contribution in [1.29, 1.82) is 0 Å². The zero-order valence-corrected chi connectivity index (χ0v) is 15.1. The standard InChI is InChI=1S/C19H22N6O2/c1-13-15(10-21-18-4-7-22-25(13)18)19(27)23-16-5-8-24(12-17(16)26)11-14-3-2-6-20-9-14/h2-4,6-7,9-10,16-17,26H,5,8,11-12H2,1H3,(H,23,27)/t16-,17-/m1/s1. The number of pyridine rings is 1. The SMILES string of the molecule is Cc1c(C(=O)N[C@@H]2CCN(Cc3cccnc3)C[C@H]2O)cnc2ccnn12. The highest BCUT2D eigenvalue weighted by atomic mass is 16.3. The Labute approximate surface area is 156 Å². The summed E-state index contributed by atoms with van der Waals surface area (Å²) in [5, 5.41) is 17.7. The van der Waals surface area contributed by atoms with E-state index in [0.717, 1.165) is 24.3 Å². The summed E-state index contributed by atoms with van der Waals surface area (Å²) in [7, 11) is 0. The molecule has 0 bridgehead atoms. The Morgan fingerprint density at radius 3 is 3.00 bits per heavy atom. The Balaban J connectivity index is 1.39. The maximum absolute atomic E-state index is 12.7. The molecule has 0 radical (unpaired) electrons. The fourth-order valence-electron chi connectivity index (χ4n) is 3.52. The third-order valence-corrected chi connectivity index (χ3v) is 5.01. The third-order valence-electron chi connectivity index (χ3n) is 5.01. The van der Waals surface area contributed by atoms with Crippen LogP contribution in [0.3, 0.4) is 0 Å². The van der Waals surface area contributed by atoms with Crippen LogP contribution in [-0.4, -0.2) is 60.7 Å². The molecule has 4 heterocycles. The first-order valence-corrected chi connectivity index (χ1v) is 9.01. The van der Waals surface area contributed by atoms with E-state index in [0.29, 0.717) is 24.2 Å². The fraction of sp³-hybridized carbons (Fsp3) is 0.368. The number of hydrogen-bond donors (Lipinski definition) is 2. The van der Waals surface area contributed by atoms with Crippen LogP contribution < -0.4 is 5.32 Å². The maximum atomic E-state index is 12.7. The van der Waals surface area contributed by atoms with Crippen molar-refractivity contribution >= 4 is 11.6 Å². The van der Waals surface area contributed by atoms with Gasteiger partial charge in [-0.1, -0.05) is 6.07 Å². The van der Waals surface area contributed by atoms with Crippen molar-refractivity contribution in [3.05, 3.63) is 59.8 Å². The van der Waals surface area contributed by atoms with Gasteiger partial charge in [-0.3, -0.25) is 14.7 Å². The minimum atomic E-state index is -0.624. The number of hydrogen-bond acceptors (Lipinski definition) is 6. The molecule has 1 amide bonds. The average Bonchev–Trinajstić information content (AvgIpc) is 3.15. The first kappa shape index (κ1) is 17.6. The Kier molecular flexibility index (Phi) is 4.83. The topological polar surface area (TPSA) is 95.7 Å². The van der Waals surface area contributed by atoms with Gasteiger partial charge in [0, 0.05) is 44.3 Å². The first-order valence-electron chi connectivity index (χ1n) is 9.01. The van der Waals surface area contributed by atoms with Crippen LogP contribution in [0.25, 0.3) is 5.65 Å². The second-order valence-corrected chi connectivity index (χ2v) is 6.89. The van der Waals surface area contributed by atoms with E-state index in [1.54, 1.807) is 29.2 Å². The fourth-order valence-corrected chi connectivity index (χ4v) is 3.52. The van der Waals surface area contributed by atoms with Gasteiger partial charge in [-0.25, -0.2) is 9.50 Å². The highest BCUT2D eigenvalue weighted by Crippen LogP contribution is 2.16. The lowest BCUT2D eigenvalue weighted by atomic mass is 10.0. The Bertz CT molecular complexity index is 942. The summed E-state index contributed by atoms with van der Waals surface area (Å²) in [6.45, 7) is 3.88. The molecule has 0 saturated carbocycles. The number of aryl methyl sites for hydroxylation is 1. The predicted molar refractivity (Wildman–Crippen MR) is 99.1 cm³/mol. The highest BCUT2D eigenvalue weighted by molar-refractivity contribution is 5.95. The lowest BCUT2D eigenvalue weighted by molar-refractivity contribution is 0.0349. The van der Waals surface area contributed by atoms with E-state index in [1.165, 1.54) is 0 Å². The summed E-state index contributed by atoms with van der Waals surface area (Å²) >= 11 is 0. The lowest BCUT2D eigenvalue weighted by Crippen LogP contribution is -2.53. The van der Waals surface area contributed by atoms with Crippen LogP contribution in [0, 0.1) is 6.92 Å².